The van der Waals surface area contributed by atoms with E-state index >= 15 is 0 Å². The maximum absolute atomic E-state index is 13.9. The van der Waals surface area contributed by atoms with Gasteiger partial charge in [0.15, 0.2) is 0 Å². The first-order valence-corrected chi connectivity index (χ1v) is 14.2. The molecule has 0 bridgehead atoms. The number of rotatable bonds is 8. The van der Waals surface area contributed by atoms with Gasteiger partial charge < -0.3 is 4.57 Å². The fourth-order valence-electron chi connectivity index (χ4n) is 4.47. The van der Waals surface area contributed by atoms with Crippen LogP contribution < -0.4 is 9.86 Å². The summed E-state index contributed by atoms with van der Waals surface area (Å²) in [6.07, 6.45) is 0.558. The second-order valence-electron chi connectivity index (χ2n) is 8.75. The quantitative estimate of drug-likeness (QED) is 0.536. The Morgan fingerprint density at radius 2 is 1.71 bits per heavy atom. The van der Waals surface area contributed by atoms with E-state index in [-0.39, 0.29) is 28.6 Å². The fraction of sp³-hybridized carbons (Fsp3) is 0.545. The maximum Gasteiger partial charge on any atom is 0.417 e. The Morgan fingerprint density at radius 1 is 1.06 bits per heavy atom. The van der Waals surface area contributed by atoms with Gasteiger partial charge in [-0.3, -0.25) is 0 Å². The minimum Gasteiger partial charge on any atom is -0.343 e. The number of alkyl halides is 3. The van der Waals surface area contributed by atoms with Crippen LogP contribution in [0.3, 0.4) is 0 Å². The summed E-state index contributed by atoms with van der Waals surface area (Å²) < 4.78 is 95.0. The van der Waals surface area contributed by atoms with Crippen molar-refractivity contribution in [3.63, 3.8) is 0 Å². The molecule has 2 aromatic rings. The highest BCUT2D eigenvalue weighted by Crippen LogP contribution is 2.39. The third-order valence-electron chi connectivity index (χ3n) is 6.20. The third kappa shape index (κ3) is 5.84. The average molecular weight is 522 g/mol. The minimum absolute atomic E-state index is 0.00251. The van der Waals surface area contributed by atoms with Crippen LogP contribution in [0.1, 0.15) is 56.7 Å². The number of nitrogens with two attached hydrogens (primary N) is 1. The van der Waals surface area contributed by atoms with Crippen LogP contribution in [-0.2, 0) is 32.8 Å². The van der Waals surface area contributed by atoms with E-state index < -0.39 is 36.7 Å². The van der Waals surface area contributed by atoms with Crippen LogP contribution in [0, 0.1) is 12.8 Å². The lowest BCUT2D eigenvalue weighted by molar-refractivity contribution is -0.139. The molecule has 1 aliphatic carbocycles. The van der Waals surface area contributed by atoms with Crippen molar-refractivity contribution in [1.29, 1.82) is 0 Å². The molecule has 0 atom stereocenters. The monoisotopic (exact) mass is 521 g/mol. The summed E-state index contributed by atoms with van der Waals surface area (Å²) in [5.74, 6) is 0.256. The number of sulfonamides is 2. The molecule has 190 valence electrons. The second kappa shape index (κ2) is 10.00. The van der Waals surface area contributed by atoms with Crippen molar-refractivity contribution < 1.29 is 30.0 Å². The van der Waals surface area contributed by atoms with E-state index in [1.165, 1.54) is 12.1 Å². The highest BCUT2D eigenvalue weighted by Gasteiger charge is 2.38. The van der Waals surface area contributed by atoms with E-state index in [1.54, 1.807) is 18.4 Å². The molecule has 0 spiro atoms. The summed E-state index contributed by atoms with van der Waals surface area (Å²) >= 11 is 0. The van der Waals surface area contributed by atoms with Crippen LogP contribution in [0.4, 0.5) is 13.2 Å². The first-order valence-electron chi connectivity index (χ1n) is 11.2. The van der Waals surface area contributed by atoms with Gasteiger partial charge in [-0.2, -0.15) is 13.2 Å². The Balaban J connectivity index is 2.18. The second-order valence-corrected chi connectivity index (χ2v) is 12.0. The summed E-state index contributed by atoms with van der Waals surface area (Å²) in [5.41, 5.74) is -0.648. The van der Waals surface area contributed by atoms with Crippen LogP contribution in [0.5, 0.6) is 0 Å². The molecule has 1 aromatic carbocycles. The van der Waals surface area contributed by atoms with E-state index in [9.17, 15) is 30.0 Å². The van der Waals surface area contributed by atoms with Gasteiger partial charge in [-0.05, 0) is 55.9 Å². The van der Waals surface area contributed by atoms with Gasteiger partial charge in [0.25, 0.3) is 0 Å². The maximum atomic E-state index is 13.9. The lowest BCUT2D eigenvalue weighted by atomic mass is 9.89. The van der Waals surface area contributed by atoms with Crippen LogP contribution in [0.2, 0.25) is 0 Å². The van der Waals surface area contributed by atoms with Gasteiger partial charge >= 0.3 is 6.18 Å². The Bertz CT molecular complexity index is 1250. The Hall–Kier alpha value is -1.89. The smallest absolute Gasteiger partial charge is 0.343 e. The molecule has 1 heterocycles. The fourth-order valence-corrected chi connectivity index (χ4v) is 6.61. The molecular formula is C22H30F3N3O4S2. The zero-order valence-corrected chi connectivity index (χ0v) is 20.8. The van der Waals surface area contributed by atoms with Gasteiger partial charge in [0.05, 0.1) is 10.5 Å². The van der Waals surface area contributed by atoms with Crippen molar-refractivity contribution >= 4 is 20.0 Å². The van der Waals surface area contributed by atoms with Crippen molar-refractivity contribution in [2.45, 2.75) is 74.9 Å². The largest absolute Gasteiger partial charge is 0.417 e. The molecule has 0 saturated heterocycles. The standard InChI is InChI=1S/C22H30F3N3O4S2/c1-3-11-27-34(31,32)20-10-9-17(12-18(20)22(23,24)25)19-13-21(33(26,29)30)15(2)28(19)14-16-7-5-4-6-8-16/h9-10,12-13,16,27H,3-8,11,14H2,1-2H3,(H2,26,29,30). The topological polar surface area (TPSA) is 111 Å². The number of hydrogen-bond acceptors (Lipinski definition) is 4. The van der Waals surface area contributed by atoms with E-state index in [0.717, 1.165) is 44.2 Å². The van der Waals surface area contributed by atoms with Gasteiger partial charge in [-0.25, -0.2) is 26.7 Å². The van der Waals surface area contributed by atoms with Crippen molar-refractivity contribution in [2.75, 3.05) is 6.54 Å². The molecule has 0 aliphatic heterocycles. The normalized spacial score (nSPS) is 16.2. The van der Waals surface area contributed by atoms with E-state index in [4.69, 9.17) is 5.14 Å². The number of halogens is 3. The van der Waals surface area contributed by atoms with Gasteiger partial charge in [0, 0.05) is 24.5 Å². The Labute approximate surface area is 198 Å². The van der Waals surface area contributed by atoms with Crippen molar-refractivity contribution in [3.05, 3.63) is 35.5 Å². The number of aromatic nitrogens is 1. The highest BCUT2D eigenvalue weighted by molar-refractivity contribution is 7.89. The first kappa shape index (κ1) is 26.7. The molecule has 12 heteroatoms. The van der Waals surface area contributed by atoms with Gasteiger partial charge in [-0.1, -0.05) is 32.3 Å². The molecule has 1 aliphatic rings. The number of nitrogens with zero attached hydrogens (tertiary/aromatic N) is 1. The molecule has 0 amide bonds. The predicted octanol–water partition coefficient (Wildman–Crippen LogP) is 4.40. The lowest BCUT2D eigenvalue weighted by Gasteiger charge is -2.24. The SMILES string of the molecule is CCCNS(=O)(=O)c1ccc(-c2cc(S(N)(=O)=O)c(C)n2CC2CCCCC2)cc1C(F)(F)F. The molecule has 3 rings (SSSR count). The summed E-state index contributed by atoms with van der Waals surface area (Å²) in [6.45, 7) is 3.71. The highest BCUT2D eigenvalue weighted by atomic mass is 32.2. The molecule has 7 nitrogen and oxygen atoms in total. The van der Waals surface area contributed by atoms with E-state index in [0.29, 0.717) is 18.7 Å². The van der Waals surface area contributed by atoms with Crippen molar-refractivity contribution in [3.8, 4) is 11.3 Å². The molecule has 1 aromatic heterocycles. The predicted molar refractivity (Wildman–Crippen MR) is 123 cm³/mol. The molecule has 0 unspecified atom stereocenters. The average Bonchev–Trinajstić information content (AvgIpc) is 3.08. The van der Waals surface area contributed by atoms with Crippen LogP contribution in [0.15, 0.2) is 34.1 Å². The Kier molecular flexibility index (Phi) is 7.86. The van der Waals surface area contributed by atoms with Crippen LogP contribution in [0.25, 0.3) is 11.3 Å². The molecule has 34 heavy (non-hydrogen) atoms. The van der Waals surface area contributed by atoms with E-state index in [1.807, 2.05) is 0 Å². The van der Waals surface area contributed by atoms with Crippen LogP contribution in [-0.4, -0.2) is 27.9 Å². The molecule has 3 N–H and O–H groups in total. The number of benzene rings is 1. The molecule has 1 saturated carbocycles. The van der Waals surface area contributed by atoms with Crippen molar-refractivity contribution in [1.82, 2.24) is 9.29 Å². The zero-order valence-electron chi connectivity index (χ0n) is 19.2. The minimum atomic E-state index is -4.94. The summed E-state index contributed by atoms with van der Waals surface area (Å²) in [6, 6.07) is 4.22. The van der Waals surface area contributed by atoms with Gasteiger partial charge in [0.1, 0.15) is 4.90 Å². The molecular weight excluding hydrogens is 491 g/mol. The van der Waals surface area contributed by atoms with E-state index in [2.05, 4.69) is 4.72 Å². The van der Waals surface area contributed by atoms with Crippen LogP contribution >= 0.6 is 0 Å². The summed E-state index contributed by atoms with van der Waals surface area (Å²) in [7, 11) is -8.50. The number of nitrogens with one attached hydrogen (secondary N) is 1. The third-order valence-corrected chi connectivity index (χ3v) is 8.75. The lowest BCUT2D eigenvalue weighted by Crippen LogP contribution is -2.27. The Morgan fingerprint density at radius 3 is 2.26 bits per heavy atom. The van der Waals surface area contributed by atoms with Crippen molar-refractivity contribution in [2.24, 2.45) is 11.1 Å². The summed E-state index contributed by atoms with van der Waals surface area (Å²) in [5, 5.41) is 5.37. The molecule has 0 radical (unpaired) electrons. The van der Waals surface area contributed by atoms with Gasteiger partial charge in [-0.15, -0.1) is 0 Å². The molecule has 1 fully saturated rings. The number of hydrogen-bond donors (Lipinski definition) is 2. The first-order chi connectivity index (χ1) is 15.8. The summed E-state index contributed by atoms with van der Waals surface area (Å²) in [4.78, 5) is -1.03. The zero-order chi connectivity index (χ0) is 25.3. The number of primary sulfonamides is 1. The van der Waals surface area contributed by atoms with Gasteiger partial charge in [0.2, 0.25) is 20.0 Å².